The molecule has 0 fully saturated rings. The van der Waals surface area contributed by atoms with Crippen LogP contribution in [0.4, 0.5) is 0 Å². The van der Waals surface area contributed by atoms with Gasteiger partial charge in [0.2, 0.25) is 5.91 Å². The largest absolute Gasteiger partial charge is 0.490 e. The van der Waals surface area contributed by atoms with Crippen LogP contribution >= 0.6 is 11.3 Å². The van der Waals surface area contributed by atoms with E-state index in [1.165, 1.54) is 4.68 Å². The van der Waals surface area contributed by atoms with Crippen LogP contribution in [0.2, 0.25) is 0 Å². The molecule has 0 aliphatic heterocycles. The zero-order valence-electron chi connectivity index (χ0n) is 19.3. The van der Waals surface area contributed by atoms with Gasteiger partial charge in [0.15, 0.2) is 11.5 Å². The molecule has 4 rings (SSSR count). The predicted octanol–water partition coefficient (Wildman–Crippen LogP) is 3.74. The van der Waals surface area contributed by atoms with Crippen LogP contribution in [0.3, 0.4) is 0 Å². The maximum Gasteiger partial charge on any atom is 0.291 e. The quantitative estimate of drug-likeness (QED) is 0.404. The first kappa shape index (κ1) is 22.8. The normalized spacial score (nSPS) is 12.2. The number of nitrogens with one attached hydrogen (secondary N) is 1. The third kappa shape index (κ3) is 4.45. The molecule has 1 atom stereocenters. The van der Waals surface area contributed by atoms with E-state index in [2.05, 4.69) is 10.4 Å². The number of amides is 1. The molecular weight excluding hydrogens is 440 g/mol. The summed E-state index contributed by atoms with van der Waals surface area (Å²) in [6.07, 6.45) is 0.625. The van der Waals surface area contributed by atoms with E-state index in [9.17, 15) is 9.59 Å². The highest BCUT2D eigenvalue weighted by molar-refractivity contribution is 7.17. The number of hydrogen-bond donors (Lipinski definition) is 1. The molecule has 3 aromatic heterocycles. The first-order valence-corrected chi connectivity index (χ1v) is 12.0. The molecule has 0 saturated carbocycles. The number of rotatable bonds is 9. The first-order valence-electron chi connectivity index (χ1n) is 11.1. The summed E-state index contributed by atoms with van der Waals surface area (Å²) >= 11 is 1.57. The molecule has 0 unspecified atom stereocenters. The second kappa shape index (κ2) is 9.66. The fourth-order valence-corrected chi connectivity index (χ4v) is 4.70. The molecule has 9 heteroatoms. The summed E-state index contributed by atoms with van der Waals surface area (Å²) in [7, 11) is 0. The van der Waals surface area contributed by atoms with Gasteiger partial charge in [-0.15, -0.1) is 11.3 Å². The number of carbonyl (C=O) groups is 1. The topological polar surface area (TPSA) is 86.9 Å². The summed E-state index contributed by atoms with van der Waals surface area (Å²) in [4.78, 5) is 25.9. The number of benzene rings is 1. The third-order valence-electron chi connectivity index (χ3n) is 5.49. The molecule has 1 aromatic carbocycles. The van der Waals surface area contributed by atoms with Gasteiger partial charge in [0.1, 0.15) is 17.4 Å². The molecule has 3 heterocycles. The highest BCUT2D eigenvalue weighted by Crippen LogP contribution is 2.28. The van der Waals surface area contributed by atoms with E-state index in [0.29, 0.717) is 49.0 Å². The van der Waals surface area contributed by atoms with Gasteiger partial charge < -0.3 is 14.8 Å². The van der Waals surface area contributed by atoms with Crippen LogP contribution in [0.15, 0.2) is 40.5 Å². The second-order valence-corrected chi connectivity index (χ2v) is 8.64. The number of fused-ring (bicyclic) bond motifs is 3. The van der Waals surface area contributed by atoms with Crippen molar-refractivity contribution in [3.63, 3.8) is 0 Å². The van der Waals surface area contributed by atoms with Crippen LogP contribution in [0, 0.1) is 6.92 Å². The van der Waals surface area contributed by atoms with Crippen LogP contribution in [-0.2, 0) is 11.2 Å². The van der Waals surface area contributed by atoms with Gasteiger partial charge in [-0.2, -0.15) is 5.10 Å². The second-order valence-electron chi connectivity index (χ2n) is 7.70. The maximum absolute atomic E-state index is 13.1. The van der Waals surface area contributed by atoms with E-state index in [-0.39, 0.29) is 11.5 Å². The Morgan fingerprint density at radius 1 is 1.12 bits per heavy atom. The Labute approximate surface area is 195 Å². The average Bonchev–Trinajstić information content (AvgIpc) is 3.39. The zero-order valence-corrected chi connectivity index (χ0v) is 20.1. The zero-order chi connectivity index (χ0) is 23.5. The van der Waals surface area contributed by atoms with Crippen molar-refractivity contribution in [1.82, 2.24) is 19.5 Å². The number of thiophene rings is 1. The van der Waals surface area contributed by atoms with E-state index >= 15 is 0 Å². The standard InChI is InChI=1S/C24H28N4O4S/c1-5-31-20-8-7-17(13-21(20)32-6-2)9-11-25-23(29)15(3)28-24(30)19-14-22-18(10-12-33-22)27(19)16(4)26-28/h7-8,10,12-15H,5-6,9,11H2,1-4H3,(H,25,29)/t15-/m1/s1. The number of carbonyl (C=O) groups excluding carboxylic acids is 1. The van der Waals surface area contributed by atoms with Crippen LogP contribution in [0.25, 0.3) is 15.7 Å². The average molecular weight is 469 g/mol. The highest BCUT2D eigenvalue weighted by atomic mass is 32.1. The summed E-state index contributed by atoms with van der Waals surface area (Å²) < 4.78 is 15.4. The monoisotopic (exact) mass is 468 g/mol. The summed E-state index contributed by atoms with van der Waals surface area (Å²) in [5.41, 5.74) is 2.24. The van der Waals surface area contributed by atoms with Gasteiger partial charge in [0.25, 0.3) is 5.56 Å². The van der Waals surface area contributed by atoms with E-state index in [1.54, 1.807) is 18.3 Å². The minimum absolute atomic E-state index is 0.252. The molecule has 0 aliphatic carbocycles. The molecule has 0 saturated heterocycles. The molecule has 0 radical (unpaired) electrons. The predicted molar refractivity (Wildman–Crippen MR) is 130 cm³/mol. The van der Waals surface area contributed by atoms with E-state index < -0.39 is 6.04 Å². The molecule has 8 nitrogen and oxygen atoms in total. The Hall–Kier alpha value is -3.33. The number of nitrogens with zero attached hydrogens (tertiary/aromatic N) is 3. The smallest absolute Gasteiger partial charge is 0.291 e. The van der Waals surface area contributed by atoms with Crippen LogP contribution in [0.5, 0.6) is 11.5 Å². The molecular formula is C24H28N4O4S. The minimum atomic E-state index is -0.728. The number of ether oxygens (including phenoxy) is 2. The van der Waals surface area contributed by atoms with Crippen molar-refractivity contribution in [3.05, 3.63) is 57.5 Å². The van der Waals surface area contributed by atoms with Crippen LogP contribution < -0.4 is 20.3 Å². The molecule has 0 bridgehead atoms. The molecule has 1 N–H and O–H groups in total. The van der Waals surface area contributed by atoms with Crippen LogP contribution in [0.1, 0.15) is 38.2 Å². The number of hydrogen-bond acceptors (Lipinski definition) is 6. The van der Waals surface area contributed by atoms with Crippen LogP contribution in [-0.4, -0.2) is 39.8 Å². The van der Waals surface area contributed by atoms with Gasteiger partial charge in [-0.05, 0) is 69.3 Å². The first-order chi connectivity index (χ1) is 15.9. The van der Waals surface area contributed by atoms with E-state index in [4.69, 9.17) is 9.47 Å². The van der Waals surface area contributed by atoms with Gasteiger partial charge in [-0.25, -0.2) is 4.68 Å². The maximum atomic E-state index is 13.1. The van der Waals surface area contributed by atoms with E-state index in [1.807, 2.05) is 60.9 Å². The van der Waals surface area contributed by atoms with Gasteiger partial charge in [-0.1, -0.05) is 6.07 Å². The highest BCUT2D eigenvalue weighted by Gasteiger charge is 2.21. The molecule has 4 aromatic rings. The van der Waals surface area contributed by atoms with Crippen molar-refractivity contribution in [1.29, 1.82) is 0 Å². The Balaban J connectivity index is 1.46. The third-order valence-corrected chi connectivity index (χ3v) is 6.35. The van der Waals surface area contributed by atoms with Crippen molar-refractivity contribution < 1.29 is 14.3 Å². The van der Waals surface area contributed by atoms with Crippen molar-refractivity contribution in [2.75, 3.05) is 19.8 Å². The Morgan fingerprint density at radius 2 is 1.88 bits per heavy atom. The summed E-state index contributed by atoms with van der Waals surface area (Å²) in [5.74, 6) is 1.82. The van der Waals surface area contributed by atoms with Gasteiger partial charge in [-0.3, -0.25) is 14.0 Å². The molecule has 33 heavy (non-hydrogen) atoms. The Bertz CT molecular complexity index is 1350. The van der Waals surface area contributed by atoms with Gasteiger partial charge in [0.05, 0.1) is 23.4 Å². The van der Waals surface area contributed by atoms with Crippen molar-refractivity contribution in [2.24, 2.45) is 0 Å². The lowest BCUT2D eigenvalue weighted by molar-refractivity contribution is -0.124. The fraction of sp³-hybridized carbons (Fsp3) is 0.375. The molecule has 174 valence electrons. The van der Waals surface area contributed by atoms with Gasteiger partial charge >= 0.3 is 0 Å². The molecule has 0 aliphatic rings. The number of aryl methyl sites for hydroxylation is 1. The Morgan fingerprint density at radius 3 is 2.64 bits per heavy atom. The van der Waals surface area contributed by atoms with E-state index in [0.717, 1.165) is 15.8 Å². The van der Waals surface area contributed by atoms with Gasteiger partial charge in [0, 0.05) is 6.54 Å². The Kier molecular flexibility index (Phi) is 6.69. The molecule has 1 amide bonds. The SMILES string of the molecule is CCOc1ccc(CCNC(=O)[C@@H](C)n2nc(C)n3c(cc4sccc43)c2=O)cc1OCC. The lowest BCUT2D eigenvalue weighted by Gasteiger charge is -2.16. The number of aromatic nitrogens is 3. The fourth-order valence-electron chi connectivity index (χ4n) is 3.90. The summed E-state index contributed by atoms with van der Waals surface area (Å²) in [5, 5.41) is 9.34. The lowest BCUT2D eigenvalue weighted by Crippen LogP contribution is -2.38. The van der Waals surface area contributed by atoms with Crippen molar-refractivity contribution in [3.8, 4) is 11.5 Å². The van der Waals surface area contributed by atoms with Crippen molar-refractivity contribution >= 4 is 33.0 Å². The molecule has 0 spiro atoms. The minimum Gasteiger partial charge on any atom is -0.490 e. The lowest BCUT2D eigenvalue weighted by atomic mass is 10.1. The summed E-state index contributed by atoms with van der Waals surface area (Å²) in [6, 6.07) is 8.89. The summed E-state index contributed by atoms with van der Waals surface area (Å²) in [6.45, 7) is 8.92. The van der Waals surface area contributed by atoms with Crippen molar-refractivity contribution in [2.45, 2.75) is 40.2 Å².